The van der Waals surface area contributed by atoms with Crippen LogP contribution in [-0.2, 0) is 6.54 Å². The quantitative estimate of drug-likeness (QED) is 0.675. The van der Waals surface area contributed by atoms with Gasteiger partial charge in [-0.1, -0.05) is 6.07 Å². The highest BCUT2D eigenvalue weighted by molar-refractivity contribution is 5.56. The second-order valence-electron chi connectivity index (χ2n) is 4.36. The molecule has 0 fully saturated rings. The number of nitro benzene ring substituents is 1. The maximum atomic E-state index is 10.7. The van der Waals surface area contributed by atoms with Gasteiger partial charge in [-0.3, -0.25) is 10.1 Å². The molecule has 19 heavy (non-hydrogen) atoms. The molecular formula is C13H15N3O3. The topological polar surface area (TPSA) is 81.2 Å². The molecule has 0 aliphatic carbocycles. The molecule has 0 radical (unpaired) electrons. The van der Waals surface area contributed by atoms with Gasteiger partial charge >= 0.3 is 0 Å². The molecule has 0 bridgehead atoms. The van der Waals surface area contributed by atoms with Crippen molar-refractivity contribution >= 4 is 11.4 Å². The van der Waals surface area contributed by atoms with Crippen LogP contribution in [0.5, 0.6) is 0 Å². The van der Waals surface area contributed by atoms with Gasteiger partial charge in [0.15, 0.2) is 0 Å². The molecule has 1 heterocycles. The second-order valence-corrected chi connectivity index (χ2v) is 4.36. The van der Waals surface area contributed by atoms with Crippen LogP contribution in [0.25, 0.3) is 0 Å². The Kier molecular flexibility index (Phi) is 3.50. The number of aryl methyl sites for hydroxylation is 3. The largest absolute Gasteiger partial charge is 0.444 e. The average Bonchev–Trinajstić information content (AvgIpc) is 2.67. The van der Waals surface area contributed by atoms with Gasteiger partial charge < -0.3 is 9.73 Å². The third kappa shape index (κ3) is 2.90. The molecule has 0 unspecified atom stereocenters. The summed E-state index contributed by atoms with van der Waals surface area (Å²) in [5.74, 6) is 1.36. The molecule has 6 nitrogen and oxygen atoms in total. The highest BCUT2D eigenvalue weighted by Gasteiger charge is 2.10. The summed E-state index contributed by atoms with van der Waals surface area (Å²) >= 11 is 0. The number of benzene rings is 1. The van der Waals surface area contributed by atoms with Gasteiger partial charge in [-0.2, -0.15) is 0 Å². The smallest absolute Gasteiger partial charge is 0.271 e. The van der Waals surface area contributed by atoms with Gasteiger partial charge in [0.2, 0.25) is 5.89 Å². The lowest BCUT2D eigenvalue weighted by atomic mass is 10.2. The van der Waals surface area contributed by atoms with Crippen LogP contribution in [0.2, 0.25) is 0 Å². The summed E-state index contributed by atoms with van der Waals surface area (Å²) in [4.78, 5) is 14.6. The number of nitro groups is 1. The van der Waals surface area contributed by atoms with Gasteiger partial charge in [0.05, 0.1) is 17.2 Å². The molecular weight excluding hydrogens is 246 g/mol. The van der Waals surface area contributed by atoms with Crippen molar-refractivity contribution in [3.63, 3.8) is 0 Å². The van der Waals surface area contributed by atoms with Crippen molar-refractivity contribution in [2.24, 2.45) is 0 Å². The monoisotopic (exact) mass is 261 g/mol. The number of hydrogen-bond donors (Lipinski definition) is 1. The number of anilines is 1. The molecule has 6 heteroatoms. The molecule has 1 aromatic carbocycles. The Morgan fingerprint density at radius 2 is 2.11 bits per heavy atom. The van der Waals surface area contributed by atoms with Crippen LogP contribution in [-0.4, -0.2) is 9.91 Å². The van der Waals surface area contributed by atoms with Crippen molar-refractivity contribution in [2.45, 2.75) is 27.3 Å². The fourth-order valence-electron chi connectivity index (χ4n) is 1.70. The van der Waals surface area contributed by atoms with E-state index in [1.807, 2.05) is 20.8 Å². The number of nitrogens with zero attached hydrogens (tertiary/aromatic N) is 2. The fourth-order valence-corrected chi connectivity index (χ4v) is 1.70. The summed E-state index contributed by atoms with van der Waals surface area (Å²) in [6, 6.07) is 4.71. The zero-order valence-corrected chi connectivity index (χ0v) is 11.1. The zero-order valence-electron chi connectivity index (χ0n) is 11.1. The first kappa shape index (κ1) is 13.1. The Balaban J connectivity index is 2.14. The molecule has 0 saturated heterocycles. The van der Waals surface area contributed by atoms with E-state index in [1.165, 1.54) is 12.1 Å². The van der Waals surface area contributed by atoms with Crippen molar-refractivity contribution in [1.82, 2.24) is 4.98 Å². The summed E-state index contributed by atoms with van der Waals surface area (Å²) in [6.45, 7) is 6.01. The Hall–Kier alpha value is -2.37. The number of aromatic nitrogens is 1. The molecule has 1 N–H and O–H groups in total. The normalized spacial score (nSPS) is 10.5. The van der Waals surface area contributed by atoms with Gasteiger partial charge in [-0.05, 0) is 26.3 Å². The third-order valence-corrected chi connectivity index (χ3v) is 2.93. The van der Waals surface area contributed by atoms with Crippen molar-refractivity contribution < 1.29 is 9.34 Å². The Bertz CT molecular complexity index is 600. The van der Waals surface area contributed by atoms with Crippen LogP contribution in [0.3, 0.4) is 0 Å². The van der Waals surface area contributed by atoms with E-state index in [0.717, 1.165) is 17.0 Å². The minimum absolute atomic E-state index is 0.0628. The molecule has 0 spiro atoms. The van der Waals surface area contributed by atoms with Crippen LogP contribution < -0.4 is 5.32 Å². The lowest BCUT2D eigenvalue weighted by Gasteiger charge is -2.07. The van der Waals surface area contributed by atoms with E-state index >= 15 is 0 Å². The van der Waals surface area contributed by atoms with Crippen molar-refractivity contribution in [3.05, 3.63) is 51.2 Å². The first-order valence-corrected chi connectivity index (χ1v) is 5.89. The first-order chi connectivity index (χ1) is 8.97. The van der Waals surface area contributed by atoms with Gasteiger partial charge in [0, 0.05) is 17.8 Å². The van der Waals surface area contributed by atoms with Crippen LogP contribution >= 0.6 is 0 Å². The molecule has 1 aromatic heterocycles. The maximum absolute atomic E-state index is 10.7. The maximum Gasteiger partial charge on any atom is 0.271 e. The summed E-state index contributed by atoms with van der Waals surface area (Å²) in [5.41, 5.74) is 2.56. The van der Waals surface area contributed by atoms with Crippen LogP contribution in [0.1, 0.15) is 22.9 Å². The van der Waals surface area contributed by atoms with Gasteiger partial charge in [0.1, 0.15) is 5.76 Å². The Morgan fingerprint density at radius 3 is 2.68 bits per heavy atom. The van der Waals surface area contributed by atoms with Gasteiger partial charge in [-0.15, -0.1) is 0 Å². The van der Waals surface area contributed by atoms with E-state index in [4.69, 9.17) is 4.42 Å². The number of oxazole rings is 1. The number of hydrogen-bond acceptors (Lipinski definition) is 5. The standard InChI is InChI=1S/C13H15N3O3/c1-8-4-5-11(16(17)18)6-12(8)14-7-13-15-9(2)10(3)19-13/h4-6,14H,7H2,1-3H3. The highest BCUT2D eigenvalue weighted by Crippen LogP contribution is 2.22. The summed E-state index contributed by atoms with van der Waals surface area (Å²) in [7, 11) is 0. The minimum Gasteiger partial charge on any atom is -0.444 e. The molecule has 100 valence electrons. The van der Waals surface area contributed by atoms with E-state index in [9.17, 15) is 10.1 Å². The summed E-state index contributed by atoms with van der Waals surface area (Å²) in [5, 5.41) is 13.8. The first-order valence-electron chi connectivity index (χ1n) is 5.89. The zero-order chi connectivity index (χ0) is 14.0. The number of non-ortho nitro benzene ring substituents is 1. The number of nitrogens with one attached hydrogen (secondary N) is 1. The molecule has 0 aliphatic rings. The molecule has 2 rings (SSSR count). The van der Waals surface area contributed by atoms with E-state index in [1.54, 1.807) is 6.07 Å². The number of rotatable bonds is 4. The summed E-state index contributed by atoms with van der Waals surface area (Å²) < 4.78 is 5.45. The third-order valence-electron chi connectivity index (χ3n) is 2.93. The van der Waals surface area contributed by atoms with Gasteiger partial charge in [-0.25, -0.2) is 4.98 Å². The van der Waals surface area contributed by atoms with E-state index in [2.05, 4.69) is 10.3 Å². The average molecular weight is 261 g/mol. The lowest BCUT2D eigenvalue weighted by molar-refractivity contribution is -0.384. The Labute approximate surface area is 110 Å². The Morgan fingerprint density at radius 1 is 1.37 bits per heavy atom. The van der Waals surface area contributed by atoms with Crippen LogP contribution in [0.4, 0.5) is 11.4 Å². The van der Waals surface area contributed by atoms with Crippen molar-refractivity contribution in [2.75, 3.05) is 5.32 Å². The fraction of sp³-hybridized carbons (Fsp3) is 0.308. The van der Waals surface area contributed by atoms with E-state index in [0.29, 0.717) is 18.1 Å². The molecule has 0 saturated carbocycles. The highest BCUT2D eigenvalue weighted by atomic mass is 16.6. The van der Waals surface area contributed by atoms with E-state index in [-0.39, 0.29) is 5.69 Å². The summed E-state index contributed by atoms with van der Waals surface area (Å²) in [6.07, 6.45) is 0. The molecule has 0 aliphatic heterocycles. The lowest BCUT2D eigenvalue weighted by Crippen LogP contribution is -2.02. The predicted octanol–water partition coefficient (Wildman–Crippen LogP) is 3.12. The SMILES string of the molecule is Cc1ccc([N+](=O)[O-])cc1NCc1nc(C)c(C)o1. The van der Waals surface area contributed by atoms with Crippen molar-refractivity contribution in [3.8, 4) is 0 Å². The van der Waals surface area contributed by atoms with E-state index < -0.39 is 4.92 Å². The predicted molar refractivity (Wildman–Crippen MR) is 71.1 cm³/mol. The van der Waals surface area contributed by atoms with Crippen LogP contribution in [0.15, 0.2) is 22.6 Å². The van der Waals surface area contributed by atoms with Crippen LogP contribution in [0, 0.1) is 30.9 Å². The molecule has 2 aromatic rings. The molecule has 0 atom stereocenters. The minimum atomic E-state index is -0.413. The second kappa shape index (κ2) is 5.09. The van der Waals surface area contributed by atoms with Crippen molar-refractivity contribution in [1.29, 1.82) is 0 Å². The molecule has 0 amide bonds. The van der Waals surface area contributed by atoms with Gasteiger partial charge in [0.25, 0.3) is 5.69 Å².